The highest BCUT2D eigenvalue weighted by molar-refractivity contribution is 6.28. The minimum atomic E-state index is 0.442. The summed E-state index contributed by atoms with van der Waals surface area (Å²) in [5, 5.41) is 3.86. The van der Waals surface area contributed by atoms with Crippen LogP contribution in [-0.4, -0.2) is 13.1 Å². The highest BCUT2D eigenvalue weighted by atomic mass is 35.5. The van der Waals surface area contributed by atoms with Crippen molar-refractivity contribution in [2.24, 2.45) is 5.92 Å². The fraction of sp³-hybridized carbons (Fsp3) is 0.538. The van der Waals surface area contributed by atoms with E-state index in [1.54, 1.807) is 6.07 Å². The second kappa shape index (κ2) is 6.77. The van der Waals surface area contributed by atoms with Crippen molar-refractivity contribution in [3.05, 3.63) is 28.7 Å². The molecule has 0 aliphatic rings. The average molecular weight is 242 g/mol. The summed E-state index contributed by atoms with van der Waals surface area (Å²) in [6, 6.07) is 3.66. The third kappa shape index (κ3) is 4.86. The summed E-state index contributed by atoms with van der Waals surface area (Å²) in [7, 11) is 0. The third-order valence-corrected chi connectivity index (χ3v) is 2.50. The van der Waals surface area contributed by atoms with E-state index in [2.05, 4.69) is 32.2 Å². The number of halogens is 1. The molecule has 0 atom stereocenters. The lowest BCUT2D eigenvalue weighted by atomic mass is 10.1. The second-order valence-corrected chi connectivity index (χ2v) is 4.70. The highest BCUT2D eigenvalue weighted by Crippen LogP contribution is 2.16. The molecule has 0 aliphatic heterocycles. The van der Waals surface area contributed by atoms with E-state index in [0.717, 1.165) is 25.3 Å². The lowest BCUT2D eigenvalue weighted by molar-refractivity contribution is 0.555. The van der Waals surface area contributed by atoms with Gasteiger partial charge in [-0.3, -0.25) is 0 Å². The van der Waals surface area contributed by atoms with E-state index in [4.69, 9.17) is 16.0 Å². The molecule has 0 aromatic carbocycles. The fourth-order valence-electron chi connectivity index (χ4n) is 1.41. The van der Waals surface area contributed by atoms with Gasteiger partial charge in [0.2, 0.25) is 0 Å². The van der Waals surface area contributed by atoms with Gasteiger partial charge in [-0.1, -0.05) is 26.3 Å². The molecule has 90 valence electrons. The van der Waals surface area contributed by atoms with Gasteiger partial charge in [0.25, 0.3) is 0 Å². The van der Waals surface area contributed by atoms with Crippen LogP contribution >= 0.6 is 11.6 Å². The molecule has 0 saturated carbocycles. The maximum absolute atomic E-state index is 5.72. The van der Waals surface area contributed by atoms with Gasteiger partial charge >= 0.3 is 0 Å². The van der Waals surface area contributed by atoms with Crippen LogP contribution in [0.25, 0.3) is 6.08 Å². The summed E-state index contributed by atoms with van der Waals surface area (Å²) in [5.74, 6) is 1.50. The van der Waals surface area contributed by atoms with Crippen molar-refractivity contribution in [3.63, 3.8) is 0 Å². The molecule has 0 fully saturated rings. The average Bonchev–Trinajstić information content (AvgIpc) is 2.62. The number of hydrogen-bond acceptors (Lipinski definition) is 2. The maximum Gasteiger partial charge on any atom is 0.193 e. The van der Waals surface area contributed by atoms with Crippen LogP contribution in [-0.2, 0) is 0 Å². The van der Waals surface area contributed by atoms with E-state index < -0.39 is 0 Å². The summed E-state index contributed by atoms with van der Waals surface area (Å²) < 4.78 is 5.30. The molecule has 1 heterocycles. The van der Waals surface area contributed by atoms with E-state index in [1.165, 1.54) is 5.57 Å². The number of furan rings is 1. The summed E-state index contributed by atoms with van der Waals surface area (Å²) in [5.41, 5.74) is 1.33. The van der Waals surface area contributed by atoms with E-state index in [0.29, 0.717) is 11.1 Å². The predicted molar refractivity (Wildman–Crippen MR) is 69.7 cm³/mol. The first-order valence-electron chi connectivity index (χ1n) is 5.77. The number of nitrogens with one attached hydrogen (secondary N) is 1. The zero-order valence-electron chi connectivity index (χ0n) is 10.2. The Labute approximate surface area is 103 Å². The van der Waals surface area contributed by atoms with E-state index in [-0.39, 0.29) is 0 Å². The molecule has 2 nitrogen and oxygen atoms in total. The van der Waals surface area contributed by atoms with E-state index in [1.807, 2.05) is 6.07 Å². The van der Waals surface area contributed by atoms with Gasteiger partial charge < -0.3 is 9.73 Å². The summed E-state index contributed by atoms with van der Waals surface area (Å²) in [6.45, 7) is 8.50. The molecule has 0 radical (unpaired) electrons. The number of rotatable bonds is 6. The Morgan fingerprint density at radius 2 is 2.25 bits per heavy atom. The molecule has 1 aromatic heterocycles. The summed E-state index contributed by atoms with van der Waals surface area (Å²) in [4.78, 5) is 0. The third-order valence-electron chi connectivity index (χ3n) is 2.30. The molecule has 0 spiro atoms. The Morgan fingerprint density at radius 3 is 2.75 bits per heavy atom. The lowest BCUT2D eigenvalue weighted by Crippen LogP contribution is -2.21. The van der Waals surface area contributed by atoms with Crippen molar-refractivity contribution in [1.29, 1.82) is 0 Å². The SMILES string of the molecule is CCC(=Cc1ccc(Cl)o1)CNCC(C)C. The Balaban J connectivity index is 2.50. The Morgan fingerprint density at radius 1 is 1.50 bits per heavy atom. The fourth-order valence-corrected chi connectivity index (χ4v) is 1.56. The quantitative estimate of drug-likeness (QED) is 0.815. The van der Waals surface area contributed by atoms with E-state index in [9.17, 15) is 0 Å². The van der Waals surface area contributed by atoms with Crippen LogP contribution in [0.5, 0.6) is 0 Å². The predicted octanol–water partition coefficient (Wildman–Crippen LogP) is 3.97. The lowest BCUT2D eigenvalue weighted by Gasteiger charge is -2.08. The molecule has 16 heavy (non-hydrogen) atoms. The zero-order chi connectivity index (χ0) is 12.0. The van der Waals surface area contributed by atoms with Crippen molar-refractivity contribution >= 4 is 17.7 Å². The van der Waals surface area contributed by atoms with Gasteiger partial charge in [0.15, 0.2) is 5.22 Å². The van der Waals surface area contributed by atoms with Gasteiger partial charge in [-0.25, -0.2) is 0 Å². The van der Waals surface area contributed by atoms with Gasteiger partial charge in [0, 0.05) is 6.54 Å². The van der Waals surface area contributed by atoms with Crippen LogP contribution in [0.15, 0.2) is 22.1 Å². The van der Waals surface area contributed by atoms with Gasteiger partial charge in [-0.15, -0.1) is 0 Å². The Bertz CT molecular complexity index is 341. The monoisotopic (exact) mass is 241 g/mol. The summed E-state index contributed by atoms with van der Waals surface area (Å²) in [6.07, 6.45) is 3.07. The van der Waals surface area contributed by atoms with Gasteiger partial charge in [0.05, 0.1) is 0 Å². The van der Waals surface area contributed by atoms with Crippen molar-refractivity contribution in [2.75, 3.05) is 13.1 Å². The Kier molecular flexibility index (Phi) is 5.64. The molecular weight excluding hydrogens is 222 g/mol. The van der Waals surface area contributed by atoms with Crippen molar-refractivity contribution in [1.82, 2.24) is 5.32 Å². The second-order valence-electron chi connectivity index (χ2n) is 4.32. The molecule has 0 aliphatic carbocycles. The van der Waals surface area contributed by atoms with Crippen LogP contribution in [0.4, 0.5) is 0 Å². The van der Waals surface area contributed by atoms with Gasteiger partial charge in [-0.2, -0.15) is 0 Å². The Hall–Kier alpha value is -0.730. The van der Waals surface area contributed by atoms with Crippen molar-refractivity contribution in [3.8, 4) is 0 Å². The van der Waals surface area contributed by atoms with Crippen LogP contribution in [0.1, 0.15) is 33.0 Å². The normalized spacial score (nSPS) is 12.4. The maximum atomic E-state index is 5.72. The minimum Gasteiger partial charge on any atom is -0.445 e. The van der Waals surface area contributed by atoms with Crippen LogP contribution in [0.3, 0.4) is 0 Å². The van der Waals surface area contributed by atoms with Crippen molar-refractivity contribution in [2.45, 2.75) is 27.2 Å². The number of hydrogen-bond donors (Lipinski definition) is 1. The smallest absolute Gasteiger partial charge is 0.193 e. The molecule has 0 amide bonds. The van der Waals surface area contributed by atoms with E-state index >= 15 is 0 Å². The largest absolute Gasteiger partial charge is 0.445 e. The first-order chi connectivity index (χ1) is 7.61. The molecule has 0 bridgehead atoms. The molecule has 3 heteroatoms. The molecule has 1 rings (SSSR count). The van der Waals surface area contributed by atoms with Crippen LogP contribution < -0.4 is 5.32 Å². The molecule has 1 aromatic rings. The summed E-state index contributed by atoms with van der Waals surface area (Å²) >= 11 is 5.72. The van der Waals surface area contributed by atoms with Crippen molar-refractivity contribution < 1.29 is 4.42 Å². The zero-order valence-corrected chi connectivity index (χ0v) is 11.0. The molecular formula is C13H20ClNO. The van der Waals surface area contributed by atoms with Crippen LogP contribution in [0.2, 0.25) is 5.22 Å². The highest BCUT2D eigenvalue weighted by Gasteiger charge is 2.00. The van der Waals surface area contributed by atoms with Crippen LogP contribution in [0, 0.1) is 5.92 Å². The first kappa shape index (κ1) is 13.3. The van der Waals surface area contributed by atoms with Gasteiger partial charge in [-0.05, 0) is 48.7 Å². The minimum absolute atomic E-state index is 0.442. The molecule has 0 unspecified atom stereocenters. The topological polar surface area (TPSA) is 25.2 Å². The molecule has 1 N–H and O–H groups in total. The van der Waals surface area contributed by atoms with Gasteiger partial charge in [0.1, 0.15) is 5.76 Å². The standard InChI is InChI=1S/C13H20ClNO/c1-4-11(9-15-8-10(2)3)7-12-5-6-13(14)16-12/h5-7,10,15H,4,8-9H2,1-3H3. The molecule has 0 saturated heterocycles. The first-order valence-corrected chi connectivity index (χ1v) is 6.15.